The number of rotatable bonds is 3. The van der Waals surface area contributed by atoms with Crippen LogP contribution in [0, 0.1) is 0 Å². The van der Waals surface area contributed by atoms with Gasteiger partial charge in [0.15, 0.2) is 7.14 Å². The van der Waals surface area contributed by atoms with Crippen molar-refractivity contribution in [1.82, 2.24) is 0 Å². The highest BCUT2D eigenvalue weighted by molar-refractivity contribution is 7.89. The summed E-state index contributed by atoms with van der Waals surface area (Å²) in [5.74, 6) is 0. The summed E-state index contributed by atoms with van der Waals surface area (Å²) in [5, 5.41) is 18.2. The first-order valence-electron chi connectivity index (χ1n) is 13.2. The molecule has 9 aromatic rings. The molecule has 0 bridgehead atoms. The molecule has 0 N–H and O–H groups in total. The Bertz CT molecular complexity index is 2240. The lowest BCUT2D eigenvalue weighted by Crippen LogP contribution is -2.25. The molecule has 39 heavy (non-hydrogen) atoms. The van der Waals surface area contributed by atoms with E-state index < -0.39 is 7.14 Å². The van der Waals surface area contributed by atoms with Gasteiger partial charge in [-0.1, -0.05) is 103 Å². The third-order valence-corrected chi connectivity index (χ3v) is 13.2. The molecule has 1 heterocycles. The highest BCUT2D eigenvalue weighted by atomic mass is 32.1. The lowest BCUT2D eigenvalue weighted by atomic mass is 9.94. The van der Waals surface area contributed by atoms with E-state index >= 15 is 4.57 Å². The Hall–Kier alpha value is -4.23. The maximum Gasteiger partial charge on any atom is 0.181 e. The van der Waals surface area contributed by atoms with Gasteiger partial charge < -0.3 is 4.57 Å². The molecule has 3 heteroatoms. The molecule has 0 atom stereocenters. The molecule has 0 aliphatic heterocycles. The molecule has 0 unspecified atom stereocenters. The smallest absolute Gasteiger partial charge is 0.181 e. The van der Waals surface area contributed by atoms with Gasteiger partial charge >= 0.3 is 0 Å². The first-order chi connectivity index (χ1) is 19.2. The molecule has 0 aliphatic rings. The van der Waals surface area contributed by atoms with E-state index in [1.165, 1.54) is 53.9 Å². The van der Waals surface area contributed by atoms with Crippen molar-refractivity contribution in [2.24, 2.45) is 0 Å². The number of hydrogen-bond acceptors (Lipinski definition) is 2. The number of hydrogen-bond donors (Lipinski definition) is 0. The Kier molecular flexibility index (Phi) is 4.26. The predicted molar refractivity (Wildman–Crippen MR) is 171 cm³/mol. The summed E-state index contributed by atoms with van der Waals surface area (Å²) in [6.45, 7) is 0. The van der Waals surface area contributed by atoms with Gasteiger partial charge in [0.2, 0.25) is 0 Å². The maximum atomic E-state index is 16.0. The van der Waals surface area contributed by atoms with Gasteiger partial charge in [0.1, 0.15) is 0 Å². The zero-order valence-electron chi connectivity index (χ0n) is 20.9. The minimum atomic E-state index is -3.23. The van der Waals surface area contributed by atoms with Gasteiger partial charge in [-0.05, 0) is 88.2 Å². The van der Waals surface area contributed by atoms with Crippen LogP contribution in [0.15, 0.2) is 127 Å². The molecule has 0 amide bonds. The van der Waals surface area contributed by atoms with Crippen LogP contribution in [-0.2, 0) is 4.57 Å². The normalized spacial score (nSPS) is 12.7. The summed E-state index contributed by atoms with van der Waals surface area (Å²) < 4.78 is 16.9. The monoisotopic (exact) mass is 532 g/mol. The second-order valence-corrected chi connectivity index (χ2v) is 14.4. The summed E-state index contributed by atoms with van der Waals surface area (Å²) in [4.78, 5) is 0. The van der Waals surface area contributed by atoms with E-state index in [-0.39, 0.29) is 0 Å². The van der Waals surface area contributed by atoms with E-state index in [0.717, 1.165) is 26.0 Å². The highest BCUT2D eigenvalue weighted by Crippen LogP contribution is 2.50. The van der Waals surface area contributed by atoms with Gasteiger partial charge in [0, 0.05) is 10.6 Å². The van der Waals surface area contributed by atoms with Gasteiger partial charge in [-0.3, -0.25) is 0 Å². The Morgan fingerprint density at radius 2 is 0.821 bits per heavy atom. The van der Waals surface area contributed by atoms with Crippen molar-refractivity contribution >= 4 is 98.3 Å². The second kappa shape index (κ2) is 7.67. The van der Waals surface area contributed by atoms with E-state index in [2.05, 4.69) is 115 Å². The van der Waals surface area contributed by atoms with E-state index in [1.807, 2.05) is 11.4 Å². The SMILES string of the molecule is O=P(c1cccs1)(c1ccc2ccc3cccc4ccc1c2c34)c1ccc2ccc3cccc4ccc1c2c34. The summed E-state index contributed by atoms with van der Waals surface area (Å²) in [7, 11) is -3.23. The largest absolute Gasteiger partial charge is 0.308 e. The molecule has 0 saturated carbocycles. The van der Waals surface area contributed by atoms with Gasteiger partial charge in [0.05, 0.1) is 4.62 Å². The predicted octanol–water partition coefficient (Wildman–Crippen LogP) is 9.18. The van der Waals surface area contributed by atoms with E-state index in [0.29, 0.717) is 0 Å². The Morgan fingerprint density at radius 1 is 0.410 bits per heavy atom. The molecule has 182 valence electrons. The van der Waals surface area contributed by atoms with Crippen molar-refractivity contribution in [3.63, 3.8) is 0 Å². The van der Waals surface area contributed by atoms with Crippen LogP contribution in [0.3, 0.4) is 0 Å². The van der Waals surface area contributed by atoms with E-state index in [1.54, 1.807) is 11.3 Å². The van der Waals surface area contributed by atoms with Crippen LogP contribution < -0.4 is 15.2 Å². The fraction of sp³-hybridized carbons (Fsp3) is 0. The minimum Gasteiger partial charge on any atom is -0.308 e. The standard InChI is InChI=1S/C36H21OPS/c37-38(32-8-3-21-39-32,30-19-15-26-11-9-22-4-1-6-24-13-17-28(30)35(26)33(22)24)31-20-16-27-12-10-23-5-2-7-25-14-18-29(31)36(27)34(23)25/h1-21H. The Balaban J connectivity index is 1.46. The Morgan fingerprint density at radius 3 is 1.26 bits per heavy atom. The molecule has 0 spiro atoms. The van der Waals surface area contributed by atoms with Crippen LogP contribution in [0.4, 0.5) is 0 Å². The lowest BCUT2D eigenvalue weighted by molar-refractivity contribution is 0.593. The van der Waals surface area contributed by atoms with Gasteiger partial charge in [-0.15, -0.1) is 11.3 Å². The lowest BCUT2D eigenvalue weighted by Gasteiger charge is -2.24. The number of benzene rings is 8. The topological polar surface area (TPSA) is 17.1 Å². The van der Waals surface area contributed by atoms with Crippen LogP contribution in [0.2, 0.25) is 0 Å². The van der Waals surface area contributed by atoms with Crippen LogP contribution in [-0.4, -0.2) is 0 Å². The molecule has 0 aliphatic carbocycles. The maximum absolute atomic E-state index is 16.0. The average Bonchev–Trinajstić information content (AvgIpc) is 3.54. The molecular formula is C36H21OPS. The summed E-state index contributed by atoms with van der Waals surface area (Å²) >= 11 is 1.60. The third kappa shape index (κ3) is 2.78. The zero-order chi connectivity index (χ0) is 25.7. The van der Waals surface area contributed by atoms with Crippen LogP contribution >= 0.6 is 18.5 Å². The van der Waals surface area contributed by atoms with E-state index in [9.17, 15) is 0 Å². The molecule has 8 aromatic carbocycles. The third-order valence-electron chi connectivity index (χ3n) is 8.51. The van der Waals surface area contributed by atoms with Crippen molar-refractivity contribution in [2.45, 2.75) is 0 Å². The average molecular weight is 533 g/mol. The molecule has 0 fully saturated rings. The second-order valence-electron chi connectivity index (χ2n) is 10.4. The first-order valence-corrected chi connectivity index (χ1v) is 15.8. The van der Waals surface area contributed by atoms with Crippen LogP contribution in [0.5, 0.6) is 0 Å². The van der Waals surface area contributed by atoms with Crippen molar-refractivity contribution in [3.05, 3.63) is 127 Å². The van der Waals surface area contributed by atoms with Crippen molar-refractivity contribution in [3.8, 4) is 0 Å². The van der Waals surface area contributed by atoms with Crippen LogP contribution in [0.1, 0.15) is 0 Å². The van der Waals surface area contributed by atoms with Crippen molar-refractivity contribution in [2.75, 3.05) is 0 Å². The molecule has 0 saturated heterocycles. The quantitative estimate of drug-likeness (QED) is 0.164. The first kappa shape index (κ1) is 21.7. The van der Waals surface area contributed by atoms with Crippen molar-refractivity contribution in [1.29, 1.82) is 0 Å². The van der Waals surface area contributed by atoms with Crippen molar-refractivity contribution < 1.29 is 4.57 Å². The molecule has 1 aromatic heterocycles. The molecule has 0 radical (unpaired) electrons. The minimum absolute atomic E-state index is 0.922. The molecular weight excluding hydrogens is 511 g/mol. The summed E-state index contributed by atoms with van der Waals surface area (Å²) in [6.07, 6.45) is 0. The Labute approximate surface area is 229 Å². The molecule has 1 nitrogen and oxygen atoms in total. The fourth-order valence-electron chi connectivity index (χ4n) is 6.81. The fourth-order valence-corrected chi connectivity index (χ4v) is 11.3. The van der Waals surface area contributed by atoms with Gasteiger partial charge in [-0.25, -0.2) is 0 Å². The summed E-state index contributed by atoms with van der Waals surface area (Å²) in [5.41, 5.74) is 0. The molecule has 9 rings (SSSR count). The van der Waals surface area contributed by atoms with Gasteiger partial charge in [0.25, 0.3) is 0 Å². The number of thiophene rings is 1. The summed E-state index contributed by atoms with van der Waals surface area (Å²) in [6, 6.07) is 43.1. The zero-order valence-corrected chi connectivity index (χ0v) is 22.6. The van der Waals surface area contributed by atoms with Crippen LogP contribution in [0.25, 0.3) is 64.6 Å². The van der Waals surface area contributed by atoms with E-state index in [4.69, 9.17) is 0 Å². The van der Waals surface area contributed by atoms with Gasteiger partial charge in [-0.2, -0.15) is 0 Å². The highest BCUT2D eigenvalue weighted by Gasteiger charge is 2.35.